The second kappa shape index (κ2) is 12.7. The maximum atomic E-state index is 13.6. The van der Waals surface area contributed by atoms with Gasteiger partial charge in [0.15, 0.2) is 5.82 Å². The van der Waals surface area contributed by atoms with Gasteiger partial charge in [-0.2, -0.15) is 0 Å². The van der Waals surface area contributed by atoms with Crippen LogP contribution in [0.5, 0.6) is 0 Å². The van der Waals surface area contributed by atoms with Crippen LogP contribution in [0, 0.1) is 0 Å². The number of carbonyl (C=O) groups is 3. The minimum Gasteiger partial charge on any atom is -0.342 e. The number of aromatic nitrogens is 1. The number of amides is 3. The number of carbonyl (C=O) groups excluding carboxylic acids is 3. The van der Waals surface area contributed by atoms with Crippen LogP contribution in [0.15, 0.2) is 85.1 Å². The van der Waals surface area contributed by atoms with Crippen LogP contribution in [0.25, 0.3) is 10.8 Å². The number of pyridine rings is 1. The quantitative estimate of drug-likeness (QED) is 0.278. The first-order chi connectivity index (χ1) is 20.0. The molecular weight excluding hydrogens is 514 g/mol. The van der Waals surface area contributed by atoms with E-state index in [0.717, 1.165) is 19.6 Å². The predicted octanol–water partition coefficient (Wildman–Crippen LogP) is 5.62. The molecule has 0 atom stereocenters. The molecule has 1 aliphatic rings. The Kier molecular flexibility index (Phi) is 8.70. The van der Waals surface area contributed by atoms with Crippen molar-refractivity contribution in [3.63, 3.8) is 0 Å². The fraction of sp³-hybridized carbons (Fsp3) is 0.273. The van der Waals surface area contributed by atoms with E-state index in [2.05, 4.69) is 64.6 Å². The zero-order valence-corrected chi connectivity index (χ0v) is 23.5. The Bertz CT molecular complexity index is 1560. The lowest BCUT2D eigenvalue weighted by Gasteiger charge is -2.27. The van der Waals surface area contributed by atoms with E-state index in [-0.39, 0.29) is 30.6 Å². The molecule has 0 unspecified atom stereocenters. The van der Waals surface area contributed by atoms with Crippen molar-refractivity contribution in [2.45, 2.75) is 33.2 Å². The third-order valence-electron chi connectivity index (χ3n) is 7.58. The minimum atomic E-state index is -0.303. The standard InChI is InChI=1S/C33H35N5O3/c1-3-36(23-25-13-9-12-24-11-5-6-14-26(24)25)21-22-37(4-2)30(39)18-19-31(40)38-29-17-8-7-15-27(29)33(41)35-28-16-10-20-34-32(28)38/h5-17,20H,3-4,18-19,21-23H2,1-2H3,(H,35,41). The average molecular weight is 550 g/mol. The Hall–Kier alpha value is -4.56. The molecule has 0 saturated carbocycles. The fourth-order valence-corrected chi connectivity index (χ4v) is 5.31. The molecule has 0 fully saturated rings. The summed E-state index contributed by atoms with van der Waals surface area (Å²) in [5.41, 5.74) is 2.56. The number of fused-ring (bicyclic) bond motifs is 3. The number of nitrogens with one attached hydrogen (secondary N) is 1. The molecule has 210 valence electrons. The summed E-state index contributed by atoms with van der Waals surface area (Å²) in [6.07, 6.45) is 1.66. The molecular formula is C33H35N5O3. The summed E-state index contributed by atoms with van der Waals surface area (Å²) in [4.78, 5) is 49.7. The second-order valence-corrected chi connectivity index (χ2v) is 10.1. The van der Waals surface area contributed by atoms with Crippen molar-refractivity contribution in [1.29, 1.82) is 0 Å². The van der Waals surface area contributed by atoms with E-state index in [1.165, 1.54) is 21.2 Å². The lowest BCUT2D eigenvalue weighted by Crippen LogP contribution is -2.39. The highest BCUT2D eigenvalue weighted by atomic mass is 16.2. The van der Waals surface area contributed by atoms with Gasteiger partial charge >= 0.3 is 0 Å². The Balaban J connectivity index is 1.24. The first-order valence-electron chi connectivity index (χ1n) is 14.1. The molecule has 2 heterocycles. The molecule has 0 radical (unpaired) electrons. The molecule has 0 saturated heterocycles. The van der Waals surface area contributed by atoms with Gasteiger partial charge in [-0.15, -0.1) is 0 Å². The predicted molar refractivity (Wildman–Crippen MR) is 162 cm³/mol. The highest BCUT2D eigenvalue weighted by Gasteiger charge is 2.30. The van der Waals surface area contributed by atoms with Crippen molar-refractivity contribution in [3.8, 4) is 0 Å². The van der Waals surface area contributed by atoms with E-state index in [4.69, 9.17) is 0 Å². The summed E-state index contributed by atoms with van der Waals surface area (Å²) >= 11 is 0. The second-order valence-electron chi connectivity index (χ2n) is 10.1. The van der Waals surface area contributed by atoms with Gasteiger partial charge in [-0.3, -0.25) is 24.2 Å². The Morgan fingerprint density at radius 2 is 1.63 bits per heavy atom. The van der Waals surface area contributed by atoms with Crippen molar-refractivity contribution in [3.05, 3.63) is 96.2 Å². The number of para-hydroxylation sites is 1. The Morgan fingerprint density at radius 3 is 2.46 bits per heavy atom. The smallest absolute Gasteiger partial charge is 0.257 e. The topological polar surface area (TPSA) is 85.9 Å². The van der Waals surface area contributed by atoms with Gasteiger partial charge in [-0.25, -0.2) is 4.98 Å². The number of anilines is 3. The number of likely N-dealkylation sites (N-methyl/N-ethyl adjacent to an activating group) is 2. The van der Waals surface area contributed by atoms with Crippen LogP contribution < -0.4 is 10.2 Å². The molecule has 0 bridgehead atoms. The van der Waals surface area contributed by atoms with Gasteiger partial charge in [-0.1, -0.05) is 61.5 Å². The van der Waals surface area contributed by atoms with Crippen LogP contribution in [0.1, 0.15) is 42.6 Å². The van der Waals surface area contributed by atoms with Crippen LogP contribution >= 0.6 is 0 Å². The summed E-state index contributed by atoms with van der Waals surface area (Å²) in [7, 11) is 0. The molecule has 8 nitrogen and oxygen atoms in total. The van der Waals surface area contributed by atoms with Crippen LogP contribution in [0.4, 0.5) is 17.2 Å². The largest absolute Gasteiger partial charge is 0.342 e. The summed E-state index contributed by atoms with van der Waals surface area (Å²) in [6.45, 7) is 7.63. The van der Waals surface area contributed by atoms with Crippen molar-refractivity contribution in [2.75, 3.05) is 36.4 Å². The lowest BCUT2D eigenvalue weighted by atomic mass is 10.0. The Morgan fingerprint density at radius 1 is 0.854 bits per heavy atom. The highest BCUT2D eigenvalue weighted by molar-refractivity contribution is 6.17. The normalized spacial score (nSPS) is 12.5. The number of hydrogen-bond donors (Lipinski definition) is 1. The number of rotatable bonds is 10. The van der Waals surface area contributed by atoms with Crippen molar-refractivity contribution >= 4 is 45.7 Å². The molecule has 41 heavy (non-hydrogen) atoms. The van der Waals surface area contributed by atoms with Crippen molar-refractivity contribution in [1.82, 2.24) is 14.8 Å². The van der Waals surface area contributed by atoms with Crippen LogP contribution in [-0.2, 0) is 16.1 Å². The first kappa shape index (κ1) is 28.0. The van der Waals surface area contributed by atoms with Crippen molar-refractivity contribution < 1.29 is 14.4 Å². The fourth-order valence-electron chi connectivity index (χ4n) is 5.31. The first-order valence-corrected chi connectivity index (χ1v) is 14.1. The SMILES string of the molecule is CCN(CCN(CC)C(=O)CCC(=O)N1c2ccccc2C(=O)Nc2cccnc21)Cc1cccc2ccccc12. The van der Waals surface area contributed by atoms with E-state index in [1.54, 1.807) is 42.6 Å². The summed E-state index contributed by atoms with van der Waals surface area (Å²) in [5.74, 6) is -0.310. The molecule has 3 amide bonds. The molecule has 0 aliphatic carbocycles. The van der Waals surface area contributed by atoms with Crippen LogP contribution in [-0.4, -0.2) is 58.7 Å². The molecule has 5 rings (SSSR count). The van der Waals surface area contributed by atoms with Crippen molar-refractivity contribution in [2.24, 2.45) is 0 Å². The summed E-state index contributed by atoms with van der Waals surface area (Å²) < 4.78 is 0. The summed E-state index contributed by atoms with van der Waals surface area (Å²) in [5, 5.41) is 5.31. The number of nitrogens with zero attached hydrogens (tertiary/aromatic N) is 4. The number of benzene rings is 3. The highest BCUT2D eigenvalue weighted by Crippen LogP contribution is 2.36. The van der Waals surface area contributed by atoms with E-state index in [1.807, 2.05) is 11.8 Å². The molecule has 1 aromatic heterocycles. The molecule has 4 aromatic rings. The molecule has 3 aromatic carbocycles. The third-order valence-corrected chi connectivity index (χ3v) is 7.58. The van der Waals surface area contributed by atoms with Gasteiger partial charge in [-0.05, 0) is 54.1 Å². The maximum absolute atomic E-state index is 13.6. The van der Waals surface area contributed by atoms with Crippen LogP contribution in [0.3, 0.4) is 0 Å². The molecule has 1 aliphatic heterocycles. The van der Waals surface area contributed by atoms with Gasteiger partial charge < -0.3 is 10.2 Å². The molecule has 1 N–H and O–H groups in total. The van der Waals surface area contributed by atoms with Gasteiger partial charge in [0, 0.05) is 45.2 Å². The Labute approximate surface area is 240 Å². The van der Waals surface area contributed by atoms with E-state index >= 15 is 0 Å². The zero-order chi connectivity index (χ0) is 28.8. The molecule has 0 spiro atoms. The third kappa shape index (κ3) is 6.12. The summed E-state index contributed by atoms with van der Waals surface area (Å²) in [6, 6.07) is 25.1. The van der Waals surface area contributed by atoms with Crippen LogP contribution in [0.2, 0.25) is 0 Å². The van der Waals surface area contributed by atoms with Gasteiger partial charge in [0.2, 0.25) is 11.8 Å². The number of hydrogen-bond acceptors (Lipinski definition) is 5. The van der Waals surface area contributed by atoms with Gasteiger partial charge in [0.1, 0.15) is 0 Å². The average Bonchev–Trinajstić information content (AvgIpc) is 3.13. The van der Waals surface area contributed by atoms with Gasteiger partial charge in [0.05, 0.1) is 16.9 Å². The monoisotopic (exact) mass is 549 g/mol. The van der Waals surface area contributed by atoms with E-state index in [9.17, 15) is 14.4 Å². The lowest BCUT2D eigenvalue weighted by molar-refractivity contribution is -0.133. The zero-order valence-electron chi connectivity index (χ0n) is 23.5. The van der Waals surface area contributed by atoms with E-state index < -0.39 is 0 Å². The molecule has 8 heteroatoms. The van der Waals surface area contributed by atoms with E-state index in [0.29, 0.717) is 35.8 Å². The maximum Gasteiger partial charge on any atom is 0.257 e. The minimum absolute atomic E-state index is 0.00136. The van der Waals surface area contributed by atoms with Gasteiger partial charge in [0.25, 0.3) is 5.91 Å².